The predicted molar refractivity (Wildman–Crippen MR) is 78.2 cm³/mol. The van der Waals surface area contributed by atoms with Gasteiger partial charge in [0.15, 0.2) is 0 Å². The van der Waals surface area contributed by atoms with Crippen LogP contribution in [0.5, 0.6) is 5.75 Å². The third kappa shape index (κ3) is 3.52. The summed E-state index contributed by atoms with van der Waals surface area (Å²) in [5.74, 6) is -0.119. The highest BCUT2D eigenvalue weighted by Crippen LogP contribution is 2.34. The van der Waals surface area contributed by atoms with Gasteiger partial charge < -0.3 is 9.84 Å². The average Bonchev–Trinajstić information content (AvgIpc) is 2.41. The lowest BCUT2D eigenvalue weighted by atomic mass is 10.2. The number of rotatable bonds is 4. The predicted octanol–water partition coefficient (Wildman–Crippen LogP) is 4.31. The molecule has 0 heterocycles. The zero-order valence-electron chi connectivity index (χ0n) is 10.1. The van der Waals surface area contributed by atoms with E-state index < -0.39 is 5.97 Å². The van der Waals surface area contributed by atoms with Gasteiger partial charge in [-0.2, -0.15) is 0 Å². The van der Waals surface area contributed by atoms with Crippen molar-refractivity contribution in [2.45, 2.75) is 9.79 Å². The molecule has 1 N–H and O–H groups in total. The van der Waals surface area contributed by atoms with Crippen LogP contribution in [0.25, 0.3) is 0 Å². The average molecular weight is 339 g/mol. The third-order valence-corrected chi connectivity index (χ3v) is 4.47. The summed E-state index contributed by atoms with van der Waals surface area (Å²) in [5.41, 5.74) is 0.269. The van der Waals surface area contributed by atoms with E-state index in [2.05, 4.69) is 15.9 Å². The van der Waals surface area contributed by atoms with Crippen LogP contribution in [0.15, 0.2) is 56.7 Å². The van der Waals surface area contributed by atoms with Gasteiger partial charge in [-0.1, -0.05) is 11.8 Å². The Morgan fingerprint density at radius 1 is 1.21 bits per heavy atom. The van der Waals surface area contributed by atoms with Crippen molar-refractivity contribution >= 4 is 33.7 Å². The Balaban J connectivity index is 2.20. The monoisotopic (exact) mass is 338 g/mol. The number of methoxy groups -OCH3 is 1. The zero-order valence-corrected chi connectivity index (χ0v) is 12.5. The van der Waals surface area contributed by atoms with Gasteiger partial charge in [-0.05, 0) is 58.4 Å². The van der Waals surface area contributed by atoms with Crippen molar-refractivity contribution in [3.05, 3.63) is 52.5 Å². The molecule has 2 aromatic rings. The Bertz CT molecular complexity index is 596. The molecular weight excluding hydrogens is 328 g/mol. The molecule has 0 aliphatic heterocycles. The van der Waals surface area contributed by atoms with E-state index in [1.165, 1.54) is 0 Å². The summed E-state index contributed by atoms with van der Waals surface area (Å²) in [7, 11) is 1.63. The SMILES string of the molecule is COc1ccc(Sc2ccc(C(=O)O)cc2Br)cc1. The number of aromatic carboxylic acids is 1. The number of carboxylic acids is 1. The number of halogens is 1. The lowest BCUT2D eigenvalue weighted by Crippen LogP contribution is -1.95. The van der Waals surface area contributed by atoms with Gasteiger partial charge in [0, 0.05) is 14.3 Å². The fraction of sp³-hybridized carbons (Fsp3) is 0.0714. The molecular formula is C14H11BrO3S. The van der Waals surface area contributed by atoms with E-state index in [1.807, 2.05) is 24.3 Å². The van der Waals surface area contributed by atoms with Gasteiger partial charge >= 0.3 is 5.97 Å². The van der Waals surface area contributed by atoms with E-state index in [0.29, 0.717) is 0 Å². The Kier molecular flexibility index (Phi) is 4.50. The van der Waals surface area contributed by atoms with Gasteiger partial charge in [0.1, 0.15) is 5.75 Å². The van der Waals surface area contributed by atoms with E-state index in [9.17, 15) is 4.79 Å². The van der Waals surface area contributed by atoms with Crippen LogP contribution in [-0.4, -0.2) is 18.2 Å². The quantitative estimate of drug-likeness (QED) is 0.902. The molecule has 0 radical (unpaired) electrons. The van der Waals surface area contributed by atoms with Crippen LogP contribution in [0.4, 0.5) is 0 Å². The second-order valence-corrected chi connectivity index (χ2v) is 5.70. The van der Waals surface area contributed by atoms with Gasteiger partial charge in [0.25, 0.3) is 0 Å². The van der Waals surface area contributed by atoms with Crippen molar-refractivity contribution in [3.8, 4) is 5.75 Å². The lowest BCUT2D eigenvalue weighted by molar-refractivity contribution is 0.0696. The maximum atomic E-state index is 10.9. The van der Waals surface area contributed by atoms with E-state index in [-0.39, 0.29) is 5.56 Å². The first-order chi connectivity index (χ1) is 9.10. The number of benzene rings is 2. The molecule has 0 unspecified atom stereocenters. The van der Waals surface area contributed by atoms with Crippen molar-refractivity contribution in [1.29, 1.82) is 0 Å². The molecule has 0 aliphatic carbocycles. The first-order valence-corrected chi connectivity index (χ1v) is 7.06. The molecule has 2 aromatic carbocycles. The van der Waals surface area contributed by atoms with Crippen molar-refractivity contribution in [1.82, 2.24) is 0 Å². The van der Waals surface area contributed by atoms with E-state index >= 15 is 0 Å². The molecule has 2 rings (SSSR count). The molecule has 19 heavy (non-hydrogen) atoms. The van der Waals surface area contributed by atoms with E-state index in [4.69, 9.17) is 9.84 Å². The second-order valence-electron chi connectivity index (χ2n) is 3.73. The first kappa shape index (κ1) is 14.0. The van der Waals surface area contributed by atoms with Crippen LogP contribution in [0.2, 0.25) is 0 Å². The summed E-state index contributed by atoms with van der Waals surface area (Å²) in [5, 5.41) is 8.91. The molecule has 0 saturated carbocycles. The molecule has 0 atom stereocenters. The standard InChI is InChI=1S/C14H11BrO3S/c1-18-10-3-5-11(6-4-10)19-13-7-2-9(14(16)17)8-12(13)15/h2-8H,1H3,(H,16,17). The van der Waals surface area contributed by atoms with Gasteiger partial charge in [-0.25, -0.2) is 4.79 Å². The number of carboxylic acid groups (broad SMARTS) is 1. The van der Waals surface area contributed by atoms with Gasteiger partial charge in [-0.15, -0.1) is 0 Å². The smallest absolute Gasteiger partial charge is 0.335 e. The summed E-state index contributed by atoms with van der Waals surface area (Å²) in [6.45, 7) is 0. The largest absolute Gasteiger partial charge is 0.497 e. The Morgan fingerprint density at radius 2 is 1.89 bits per heavy atom. The molecule has 3 nitrogen and oxygen atoms in total. The maximum absolute atomic E-state index is 10.9. The molecule has 0 spiro atoms. The Morgan fingerprint density at radius 3 is 2.42 bits per heavy atom. The molecule has 0 saturated heterocycles. The minimum atomic E-state index is -0.929. The lowest BCUT2D eigenvalue weighted by Gasteiger charge is -2.06. The molecule has 0 aromatic heterocycles. The van der Waals surface area contributed by atoms with E-state index in [0.717, 1.165) is 20.0 Å². The second kappa shape index (κ2) is 6.12. The highest BCUT2D eigenvalue weighted by molar-refractivity contribution is 9.10. The fourth-order valence-electron chi connectivity index (χ4n) is 1.49. The summed E-state index contributed by atoms with van der Waals surface area (Å²) in [6, 6.07) is 12.7. The highest BCUT2D eigenvalue weighted by Gasteiger charge is 2.08. The van der Waals surface area contributed by atoms with Gasteiger partial charge in [0.05, 0.1) is 12.7 Å². The van der Waals surface area contributed by atoms with Crippen LogP contribution in [-0.2, 0) is 0 Å². The van der Waals surface area contributed by atoms with Crippen LogP contribution in [0.3, 0.4) is 0 Å². The van der Waals surface area contributed by atoms with Crippen molar-refractivity contribution < 1.29 is 14.6 Å². The van der Waals surface area contributed by atoms with Crippen LogP contribution in [0.1, 0.15) is 10.4 Å². The highest BCUT2D eigenvalue weighted by atomic mass is 79.9. The summed E-state index contributed by atoms with van der Waals surface area (Å²) < 4.78 is 5.87. The normalized spacial score (nSPS) is 10.2. The summed E-state index contributed by atoms with van der Waals surface area (Å²) >= 11 is 4.95. The first-order valence-electron chi connectivity index (χ1n) is 5.45. The van der Waals surface area contributed by atoms with Crippen molar-refractivity contribution in [3.63, 3.8) is 0 Å². The van der Waals surface area contributed by atoms with Crippen LogP contribution < -0.4 is 4.74 Å². The zero-order chi connectivity index (χ0) is 13.8. The number of hydrogen-bond donors (Lipinski definition) is 1. The van der Waals surface area contributed by atoms with Gasteiger partial charge in [0.2, 0.25) is 0 Å². The summed E-state index contributed by atoms with van der Waals surface area (Å²) in [4.78, 5) is 12.9. The Labute approximate surface area is 123 Å². The Hall–Kier alpha value is -1.46. The van der Waals surface area contributed by atoms with Crippen molar-refractivity contribution in [2.75, 3.05) is 7.11 Å². The topological polar surface area (TPSA) is 46.5 Å². The fourth-order valence-corrected chi connectivity index (χ4v) is 2.93. The van der Waals surface area contributed by atoms with Crippen LogP contribution in [0, 0.1) is 0 Å². The molecule has 0 aliphatic rings. The molecule has 5 heteroatoms. The molecule has 98 valence electrons. The van der Waals surface area contributed by atoms with E-state index in [1.54, 1.807) is 37.1 Å². The third-order valence-electron chi connectivity index (χ3n) is 2.47. The molecule has 0 amide bonds. The number of ether oxygens (including phenoxy) is 1. The minimum absolute atomic E-state index is 0.269. The molecule has 0 bridgehead atoms. The number of hydrogen-bond acceptors (Lipinski definition) is 3. The number of carbonyl (C=O) groups is 1. The van der Waals surface area contributed by atoms with Gasteiger partial charge in [-0.3, -0.25) is 0 Å². The minimum Gasteiger partial charge on any atom is -0.497 e. The van der Waals surface area contributed by atoms with Crippen LogP contribution >= 0.6 is 27.7 Å². The summed E-state index contributed by atoms with van der Waals surface area (Å²) in [6.07, 6.45) is 0. The molecule has 0 fully saturated rings. The van der Waals surface area contributed by atoms with Crippen molar-refractivity contribution in [2.24, 2.45) is 0 Å². The maximum Gasteiger partial charge on any atom is 0.335 e.